The second kappa shape index (κ2) is 6.02. The molecule has 84 valence electrons. The van der Waals surface area contributed by atoms with E-state index >= 15 is 0 Å². The number of halogens is 2. The van der Waals surface area contributed by atoms with Crippen molar-refractivity contribution in [2.45, 2.75) is 11.8 Å². The number of esters is 1. The molecule has 0 spiro atoms. The van der Waals surface area contributed by atoms with Gasteiger partial charge in [-0.2, -0.15) is 5.26 Å². The molecule has 3 nitrogen and oxygen atoms in total. The highest BCUT2D eigenvalue weighted by molar-refractivity contribution is 9.10. The minimum absolute atomic E-state index is 0.172. The second-order valence-electron chi connectivity index (χ2n) is 3.09. The van der Waals surface area contributed by atoms with Gasteiger partial charge in [-0.25, -0.2) is 0 Å². The van der Waals surface area contributed by atoms with Crippen LogP contribution in [0.5, 0.6) is 0 Å². The molecule has 16 heavy (non-hydrogen) atoms. The summed E-state index contributed by atoms with van der Waals surface area (Å²) in [6.45, 7) is 0. The number of hydrogen-bond donors (Lipinski definition) is 0. The number of alkyl halides is 1. The number of nitriles is 1. The van der Waals surface area contributed by atoms with E-state index in [0.717, 1.165) is 15.6 Å². The first-order chi connectivity index (χ1) is 7.62. The Hall–Kier alpha value is -0.860. The highest BCUT2D eigenvalue weighted by Gasteiger charge is 2.12. The van der Waals surface area contributed by atoms with Crippen LogP contribution in [0, 0.1) is 11.3 Å². The lowest BCUT2D eigenvalue weighted by molar-refractivity contribution is -0.139. The SMILES string of the molecule is COC(=O)Cc1cc(C#N)cc(Br)c1CBr. The predicted molar refractivity (Wildman–Crippen MR) is 67.2 cm³/mol. The van der Waals surface area contributed by atoms with Crippen molar-refractivity contribution in [2.24, 2.45) is 0 Å². The van der Waals surface area contributed by atoms with E-state index in [1.165, 1.54) is 7.11 Å². The molecule has 0 saturated carbocycles. The number of methoxy groups -OCH3 is 1. The van der Waals surface area contributed by atoms with Crippen LogP contribution in [-0.4, -0.2) is 13.1 Å². The lowest BCUT2D eigenvalue weighted by Gasteiger charge is -2.09. The maximum Gasteiger partial charge on any atom is 0.309 e. The molecule has 0 aliphatic rings. The first-order valence-electron chi connectivity index (χ1n) is 4.46. The summed E-state index contributed by atoms with van der Waals surface area (Å²) >= 11 is 6.73. The lowest BCUT2D eigenvalue weighted by Crippen LogP contribution is -2.07. The van der Waals surface area contributed by atoms with Crippen LogP contribution in [0.4, 0.5) is 0 Å². The van der Waals surface area contributed by atoms with Gasteiger partial charge in [0.25, 0.3) is 0 Å². The monoisotopic (exact) mass is 345 g/mol. The van der Waals surface area contributed by atoms with Crippen LogP contribution in [0.2, 0.25) is 0 Å². The maximum atomic E-state index is 11.2. The zero-order valence-electron chi connectivity index (χ0n) is 8.59. The minimum atomic E-state index is -0.316. The Bertz CT molecular complexity index is 452. The number of nitrogens with zero attached hydrogens (tertiary/aromatic N) is 1. The van der Waals surface area contributed by atoms with Crippen molar-refractivity contribution < 1.29 is 9.53 Å². The van der Waals surface area contributed by atoms with E-state index in [0.29, 0.717) is 10.9 Å². The summed E-state index contributed by atoms with van der Waals surface area (Å²) in [4.78, 5) is 11.2. The molecule has 0 aliphatic heterocycles. The van der Waals surface area contributed by atoms with Gasteiger partial charge >= 0.3 is 5.97 Å². The average Bonchev–Trinajstić information content (AvgIpc) is 2.28. The first kappa shape index (κ1) is 13.2. The fourth-order valence-corrected chi connectivity index (χ4v) is 2.97. The van der Waals surface area contributed by atoms with Crippen LogP contribution < -0.4 is 0 Å². The number of benzene rings is 1. The van der Waals surface area contributed by atoms with Gasteiger partial charge in [-0.15, -0.1) is 0 Å². The third-order valence-electron chi connectivity index (χ3n) is 2.11. The quantitative estimate of drug-likeness (QED) is 0.624. The van der Waals surface area contributed by atoms with E-state index in [1.54, 1.807) is 12.1 Å². The van der Waals surface area contributed by atoms with Crippen molar-refractivity contribution in [3.05, 3.63) is 33.3 Å². The smallest absolute Gasteiger partial charge is 0.309 e. The minimum Gasteiger partial charge on any atom is -0.469 e. The Labute approximate surface area is 111 Å². The molecule has 0 atom stereocenters. The molecule has 0 radical (unpaired) electrons. The zero-order valence-corrected chi connectivity index (χ0v) is 11.8. The molecule has 1 aromatic rings. The van der Waals surface area contributed by atoms with Gasteiger partial charge in [0.2, 0.25) is 0 Å². The lowest BCUT2D eigenvalue weighted by atomic mass is 10.0. The zero-order chi connectivity index (χ0) is 12.1. The molecule has 1 aromatic carbocycles. The highest BCUT2D eigenvalue weighted by atomic mass is 79.9. The molecule has 5 heteroatoms. The Morgan fingerprint density at radius 3 is 2.75 bits per heavy atom. The molecule has 0 bridgehead atoms. The Morgan fingerprint density at radius 1 is 1.56 bits per heavy atom. The first-order valence-corrected chi connectivity index (χ1v) is 6.38. The Morgan fingerprint density at radius 2 is 2.25 bits per heavy atom. The van der Waals surface area contributed by atoms with Gasteiger partial charge in [0.15, 0.2) is 0 Å². The summed E-state index contributed by atoms with van der Waals surface area (Å²) in [5.41, 5.74) is 2.29. The molecule has 0 heterocycles. The van der Waals surface area contributed by atoms with Crippen LogP contribution in [0.25, 0.3) is 0 Å². The van der Waals surface area contributed by atoms with Gasteiger partial charge in [-0.1, -0.05) is 31.9 Å². The van der Waals surface area contributed by atoms with Crippen LogP contribution in [0.1, 0.15) is 16.7 Å². The van der Waals surface area contributed by atoms with E-state index in [1.807, 2.05) is 0 Å². The summed E-state index contributed by atoms with van der Waals surface area (Å²) in [5.74, 6) is -0.316. The fraction of sp³-hybridized carbons (Fsp3) is 0.273. The van der Waals surface area contributed by atoms with Crippen LogP contribution in [0.15, 0.2) is 16.6 Å². The van der Waals surface area contributed by atoms with E-state index in [2.05, 4.69) is 42.7 Å². The van der Waals surface area contributed by atoms with Crippen molar-refractivity contribution in [3.8, 4) is 6.07 Å². The summed E-state index contributed by atoms with van der Waals surface area (Å²) < 4.78 is 5.44. The molecule has 0 saturated heterocycles. The van der Waals surface area contributed by atoms with Crippen LogP contribution in [0.3, 0.4) is 0 Å². The predicted octanol–water partition coefficient (Wildman–Crippen LogP) is 2.93. The third-order valence-corrected chi connectivity index (χ3v) is 3.38. The average molecular weight is 347 g/mol. The normalized spacial score (nSPS) is 9.62. The number of ether oxygens (including phenoxy) is 1. The molecule has 0 aliphatic carbocycles. The number of carbonyl (C=O) groups is 1. The summed E-state index contributed by atoms with van der Waals surface area (Å²) in [5, 5.41) is 9.46. The second-order valence-corrected chi connectivity index (χ2v) is 4.51. The van der Waals surface area contributed by atoms with E-state index in [4.69, 9.17) is 5.26 Å². The Balaban J connectivity index is 3.19. The largest absolute Gasteiger partial charge is 0.469 e. The summed E-state index contributed by atoms with van der Waals surface area (Å²) in [6.07, 6.45) is 0.172. The molecule has 0 unspecified atom stereocenters. The molecular weight excluding hydrogens is 338 g/mol. The van der Waals surface area contributed by atoms with Gasteiger partial charge in [0.1, 0.15) is 0 Å². The van der Waals surface area contributed by atoms with Crippen molar-refractivity contribution >= 4 is 37.8 Å². The van der Waals surface area contributed by atoms with E-state index in [9.17, 15) is 4.79 Å². The fourth-order valence-electron chi connectivity index (χ4n) is 1.29. The highest BCUT2D eigenvalue weighted by Crippen LogP contribution is 2.25. The third kappa shape index (κ3) is 3.06. The number of hydrogen-bond acceptors (Lipinski definition) is 3. The molecule has 0 aromatic heterocycles. The van der Waals surface area contributed by atoms with Crippen molar-refractivity contribution in [1.29, 1.82) is 5.26 Å². The standard InChI is InChI=1S/C11H9Br2NO2/c1-16-11(15)4-8-2-7(6-14)3-10(13)9(8)5-12/h2-3H,4-5H2,1H3. The van der Waals surface area contributed by atoms with Crippen LogP contribution >= 0.6 is 31.9 Å². The molecular formula is C11H9Br2NO2. The van der Waals surface area contributed by atoms with Crippen molar-refractivity contribution in [2.75, 3.05) is 7.11 Å². The molecule has 0 fully saturated rings. The van der Waals surface area contributed by atoms with Gasteiger partial charge in [0.05, 0.1) is 25.2 Å². The summed E-state index contributed by atoms with van der Waals surface area (Å²) in [7, 11) is 1.35. The van der Waals surface area contributed by atoms with E-state index < -0.39 is 0 Å². The van der Waals surface area contributed by atoms with Crippen LogP contribution in [-0.2, 0) is 21.3 Å². The van der Waals surface area contributed by atoms with Gasteiger partial charge in [0, 0.05) is 9.80 Å². The van der Waals surface area contributed by atoms with Crippen molar-refractivity contribution in [1.82, 2.24) is 0 Å². The Kier molecular flexibility index (Phi) is 4.97. The maximum absolute atomic E-state index is 11.2. The molecule has 0 N–H and O–H groups in total. The van der Waals surface area contributed by atoms with Gasteiger partial charge < -0.3 is 4.74 Å². The van der Waals surface area contributed by atoms with Gasteiger partial charge in [-0.05, 0) is 23.3 Å². The van der Waals surface area contributed by atoms with E-state index in [-0.39, 0.29) is 12.4 Å². The van der Waals surface area contributed by atoms with Crippen molar-refractivity contribution in [3.63, 3.8) is 0 Å². The number of rotatable bonds is 3. The topological polar surface area (TPSA) is 50.1 Å². The number of carbonyl (C=O) groups excluding carboxylic acids is 1. The summed E-state index contributed by atoms with van der Waals surface area (Å²) in [6, 6.07) is 5.49. The molecule has 1 rings (SSSR count). The van der Waals surface area contributed by atoms with Gasteiger partial charge in [-0.3, -0.25) is 4.79 Å². The molecule has 0 amide bonds.